The number of anilines is 2. The molecule has 0 amide bonds. The minimum Gasteiger partial charge on any atom is -0.339 e. The van der Waals surface area contributed by atoms with Gasteiger partial charge < -0.3 is 5.32 Å². The quantitative estimate of drug-likeness (QED) is 0.307. The molecule has 0 aliphatic heterocycles. The SMILES string of the molecule is c1cc(Nc2ccc(-c3ccc4c(c3)CCCC4)nn2)cc(-c2csc(-c3cccnc3)n2)c1. The van der Waals surface area contributed by atoms with Crippen LogP contribution in [0.4, 0.5) is 11.5 Å². The van der Waals surface area contributed by atoms with Crippen molar-refractivity contribution in [3.63, 3.8) is 0 Å². The summed E-state index contributed by atoms with van der Waals surface area (Å²) in [7, 11) is 0. The van der Waals surface area contributed by atoms with E-state index in [9.17, 15) is 0 Å². The average Bonchev–Trinajstić information content (AvgIpc) is 3.40. The minimum atomic E-state index is 0.716. The van der Waals surface area contributed by atoms with Crippen LogP contribution in [0.25, 0.3) is 33.1 Å². The third-order valence-corrected chi connectivity index (χ3v) is 7.04. The summed E-state index contributed by atoms with van der Waals surface area (Å²) < 4.78 is 0. The van der Waals surface area contributed by atoms with E-state index in [1.54, 1.807) is 17.5 Å². The summed E-state index contributed by atoms with van der Waals surface area (Å²) in [5, 5.41) is 15.3. The van der Waals surface area contributed by atoms with Crippen molar-refractivity contribution in [2.75, 3.05) is 5.32 Å². The van der Waals surface area contributed by atoms with Gasteiger partial charge in [0.2, 0.25) is 0 Å². The Morgan fingerprint density at radius 1 is 0.735 bits per heavy atom. The number of thiazole rings is 1. The van der Waals surface area contributed by atoms with Gasteiger partial charge in [-0.15, -0.1) is 21.5 Å². The van der Waals surface area contributed by atoms with E-state index in [1.807, 2.05) is 42.6 Å². The number of nitrogens with one attached hydrogen (secondary N) is 1. The van der Waals surface area contributed by atoms with Crippen molar-refractivity contribution in [2.24, 2.45) is 0 Å². The third-order valence-electron chi connectivity index (χ3n) is 6.15. The van der Waals surface area contributed by atoms with E-state index in [1.165, 1.54) is 30.4 Å². The highest BCUT2D eigenvalue weighted by molar-refractivity contribution is 7.13. The van der Waals surface area contributed by atoms with Crippen LogP contribution in [0.3, 0.4) is 0 Å². The fourth-order valence-corrected chi connectivity index (χ4v) is 5.20. The van der Waals surface area contributed by atoms with E-state index in [0.717, 1.165) is 45.2 Å². The molecule has 6 rings (SSSR count). The number of hydrogen-bond donors (Lipinski definition) is 1. The fraction of sp³-hybridized carbons (Fsp3) is 0.143. The van der Waals surface area contributed by atoms with Crippen LogP contribution in [0, 0.1) is 0 Å². The molecule has 2 aromatic carbocycles. The molecule has 6 heteroatoms. The Hall–Kier alpha value is -3.90. The topological polar surface area (TPSA) is 63.6 Å². The van der Waals surface area contributed by atoms with E-state index < -0.39 is 0 Å². The molecule has 0 atom stereocenters. The molecule has 34 heavy (non-hydrogen) atoms. The van der Waals surface area contributed by atoms with Crippen LogP contribution in [0.2, 0.25) is 0 Å². The van der Waals surface area contributed by atoms with Gasteiger partial charge in [0.25, 0.3) is 0 Å². The second kappa shape index (κ2) is 9.15. The monoisotopic (exact) mass is 461 g/mol. The lowest BCUT2D eigenvalue weighted by Crippen LogP contribution is -2.02. The van der Waals surface area contributed by atoms with Gasteiger partial charge in [0.15, 0.2) is 5.82 Å². The lowest BCUT2D eigenvalue weighted by molar-refractivity contribution is 0.686. The number of aromatic nitrogens is 4. The summed E-state index contributed by atoms with van der Waals surface area (Å²) in [6, 6.07) is 22.9. The molecule has 3 aromatic heterocycles. The van der Waals surface area contributed by atoms with E-state index >= 15 is 0 Å². The summed E-state index contributed by atoms with van der Waals surface area (Å²) in [5.74, 6) is 0.716. The highest BCUT2D eigenvalue weighted by Crippen LogP contribution is 2.30. The second-order valence-corrected chi connectivity index (χ2v) is 9.34. The molecule has 0 fully saturated rings. The Kier molecular flexibility index (Phi) is 5.57. The number of nitrogens with zero attached hydrogens (tertiary/aromatic N) is 4. The lowest BCUT2D eigenvalue weighted by atomic mass is 9.90. The largest absolute Gasteiger partial charge is 0.339 e. The van der Waals surface area contributed by atoms with Crippen molar-refractivity contribution < 1.29 is 0 Å². The number of aryl methyl sites for hydroxylation is 2. The molecule has 0 saturated carbocycles. The Morgan fingerprint density at radius 2 is 1.62 bits per heavy atom. The number of pyridine rings is 1. The zero-order chi connectivity index (χ0) is 22.7. The van der Waals surface area contributed by atoms with Crippen molar-refractivity contribution in [1.82, 2.24) is 20.2 Å². The Bertz CT molecular complexity index is 1430. The highest BCUT2D eigenvalue weighted by Gasteiger charge is 2.11. The minimum absolute atomic E-state index is 0.716. The molecule has 1 aliphatic rings. The smallest absolute Gasteiger partial charge is 0.153 e. The Morgan fingerprint density at radius 3 is 2.47 bits per heavy atom. The van der Waals surface area contributed by atoms with Crippen molar-refractivity contribution in [3.05, 3.63) is 95.6 Å². The summed E-state index contributed by atoms with van der Waals surface area (Å²) in [6.45, 7) is 0. The number of benzene rings is 2. The van der Waals surface area contributed by atoms with Gasteiger partial charge in [-0.2, -0.15) is 0 Å². The molecule has 0 saturated heterocycles. The van der Waals surface area contributed by atoms with Gasteiger partial charge in [-0.3, -0.25) is 4.98 Å². The van der Waals surface area contributed by atoms with Crippen LogP contribution in [-0.2, 0) is 12.8 Å². The number of hydrogen-bond acceptors (Lipinski definition) is 6. The third kappa shape index (κ3) is 4.32. The molecule has 1 aliphatic carbocycles. The number of fused-ring (bicyclic) bond motifs is 1. The van der Waals surface area contributed by atoms with Crippen LogP contribution in [0.5, 0.6) is 0 Å². The van der Waals surface area contributed by atoms with E-state index in [2.05, 4.69) is 56.2 Å². The first-order chi connectivity index (χ1) is 16.8. The maximum absolute atomic E-state index is 4.80. The second-order valence-electron chi connectivity index (χ2n) is 8.48. The van der Waals surface area contributed by atoms with Crippen LogP contribution >= 0.6 is 11.3 Å². The summed E-state index contributed by atoms with van der Waals surface area (Å²) in [5.41, 5.74) is 8.95. The molecular formula is C28H23N5S. The summed E-state index contributed by atoms with van der Waals surface area (Å²) in [6.07, 6.45) is 8.53. The van der Waals surface area contributed by atoms with Crippen LogP contribution in [-0.4, -0.2) is 20.2 Å². The first kappa shape index (κ1) is 20.7. The van der Waals surface area contributed by atoms with Crippen molar-refractivity contribution in [3.8, 4) is 33.1 Å². The predicted octanol–water partition coefficient (Wildman–Crippen LogP) is 6.95. The normalized spacial score (nSPS) is 12.8. The molecule has 1 N–H and O–H groups in total. The van der Waals surface area contributed by atoms with Gasteiger partial charge in [-0.05, 0) is 79.3 Å². The van der Waals surface area contributed by atoms with Crippen LogP contribution in [0.15, 0.2) is 84.5 Å². The first-order valence-corrected chi connectivity index (χ1v) is 12.4. The lowest BCUT2D eigenvalue weighted by Gasteiger charge is -2.16. The molecule has 5 aromatic rings. The molecule has 3 heterocycles. The van der Waals surface area contributed by atoms with Crippen molar-refractivity contribution >= 4 is 22.8 Å². The van der Waals surface area contributed by atoms with Gasteiger partial charge >= 0.3 is 0 Å². The van der Waals surface area contributed by atoms with Crippen LogP contribution < -0.4 is 5.32 Å². The molecule has 166 valence electrons. The predicted molar refractivity (Wildman–Crippen MR) is 138 cm³/mol. The summed E-state index contributed by atoms with van der Waals surface area (Å²) >= 11 is 1.62. The fourth-order valence-electron chi connectivity index (χ4n) is 4.38. The van der Waals surface area contributed by atoms with E-state index in [0.29, 0.717) is 5.82 Å². The van der Waals surface area contributed by atoms with E-state index in [4.69, 9.17) is 4.98 Å². The molecule has 0 unspecified atom stereocenters. The molecular weight excluding hydrogens is 438 g/mol. The van der Waals surface area contributed by atoms with Gasteiger partial charge in [0.1, 0.15) is 5.01 Å². The maximum Gasteiger partial charge on any atom is 0.153 e. The average molecular weight is 462 g/mol. The van der Waals surface area contributed by atoms with Crippen molar-refractivity contribution in [1.29, 1.82) is 0 Å². The van der Waals surface area contributed by atoms with Gasteiger partial charge in [-0.1, -0.05) is 24.3 Å². The highest BCUT2D eigenvalue weighted by atomic mass is 32.1. The standard InChI is InChI=1S/C28H23N5S/c1-2-6-20-15-22(11-10-19(20)5-1)25-12-13-27(33-32-25)30-24-9-3-7-21(16-24)26-18-34-28(31-26)23-8-4-14-29-17-23/h3-4,7-18H,1-2,5-6H2,(H,30,33). The number of rotatable bonds is 5. The Labute approximate surface area is 202 Å². The molecule has 5 nitrogen and oxygen atoms in total. The van der Waals surface area contributed by atoms with Crippen LogP contribution in [0.1, 0.15) is 24.0 Å². The van der Waals surface area contributed by atoms with Crippen molar-refractivity contribution in [2.45, 2.75) is 25.7 Å². The maximum atomic E-state index is 4.80. The van der Waals surface area contributed by atoms with Gasteiger partial charge in [0, 0.05) is 40.2 Å². The zero-order valence-corrected chi connectivity index (χ0v) is 19.4. The van der Waals surface area contributed by atoms with E-state index in [-0.39, 0.29) is 0 Å². The molecule has 0 radical (unpaired) electrons. The first-order valence-electron chi connectivity index (χ1n) is 11.5. The molecule has 0 bridgehead atoms. The zero-order valence-electron chi connectivity index (χ0n) is 18.6. The Balaban J connectivity index is 1.19. The molecule has 0 spiro atoms. The van der Waals surface area contributed by atoms with Gasteiger partial charge in [0.05, 0.1) is 11.4 Å². The summed E-state index contributed by atoms with van der Waals surface area (Å²) in [4.78, 5) is 8.99. The van der Waals surface area contributed by atoms with Gasteiger partial charge in [-0.25, -0.2) is 4.98 Å².